The molecule has 12 heteroatoms. The minimum atomic E-state index is -0.412. The van der Waals surface area contributed by atoms with Gasteiger partial charge in [0.15, 0.2) is 0 Å². The second-order valence-electron chi connectivity index (χ2n) is 19.3. The van der Waals surface area contributed by atoms with Gasteiger partial charge in [-0.3, -0.25) is 0 Å². The molecule has 0 radical (unpaired) electrons. The van der Waals surface area contributed by atoms with Gasteiger partial charge >= 0.3 is 11.9 Å². The van der Waals surface area contributed by atoms with E-state index < -0.39 is 11.9 Å². The van der Waals surface area contributed by atoms with Crippen LogP contribution in [0.15, 0.2) is 24.3 Å². The molecule has 0 unspecified atom stereocenters. The predicted molar refractivity (Wildman–Crippen MR) is 287 cm³/mol. The first-order valence-corrected chi connectivity index (χ1v) is 26.9. The number of carbonyl (C=O) groups is 2. The molecule has 366 valence electrons. The van der Waals surface area contributed by atoms with Crippen LogP contribution in [-0.4, -0.2) is 48.6 Å². The molecule has 0 bridgehead atoms. The molecule has 6 rings (SSSR count). The van der Waals surface area contributed by atoms with Gasteiger partial charge in [0.25, 0.3) is 0 Å². The smallest absolute Gasteiger partial charge is 0.338 e. The highest BCUT2D eigenvalue weighted by atomic mass is 32.1. The van der Waals surface area contributed by atoms with Gasteiger partial charge in [0.05, 0.1) is 58.9 Å². The summed E-state index contributed by atoms with van der Waals surface area (Å²) >= 11 is 7.22. The van der Waals surface area contributed by atoms with Crippen molar-refractivity contribution in [2.45, 2.75) is 175 Å². The first kappa shape index (κ1) is 52.7. The summed E-state index contributed by atoms with van der Waals surface area (Å²) in [5.41, 5.74) is 12.3. The van der Waals surface area contributed by atoms with Crippen molar-refractivity contribution in [1.82, 2.24) is 0 Å². The summed E-state index contributed by atoms with van der Waals surface area (Å²) < 4.78 is 37.2. The summed E-state index contributed by atoms with van der Waals surface area (Å²) in [6, 6.07) is 7.21. The Labute approximate surface area is 421 Å². The predicted octanol–water partition coefficient (Wildman–Crippen LogP) is 17.0. The molecule has 68 heavy (non-hydrogen) atoms. The van der Waals surface area contributed by atoms with E-state index in [1.54, 1.807) is 46.9 Å². The number of rotatable bonds is 17. The monoisotopic (exact) mass is 998 g/mol. The first-order chi connectivity index (χ1) is 31.8. The van der Waals surface area contributed by atoms with E-state index in [0.29, 0.717) is 34.1 Å². The minimum absolute atomic E-state index is 0.139. The molecular weight excluding hydrogens is 929 g/mol. The van der Waals surface area contributed by atoms with E-state index in [-0.39, 0.29) is 36.6 Å². The van der Waals surface area contributed by atoms with Crippen molar-refractivity contribution in [1.29, 1.82) is 0 Å². The average Bonchev–Trinajstić information content (AvgIpc) is 3.89. The normalized spacial score (nSPS) is 11.9. The number of hydrogen-bond acceptors (Lipinski definition) is 12. The molecule has 4 heterocycles. The molecule has 0 saturated heterocycles. The van der Waals surface area contributed by atoms with Gasteiger partial charge in [-0.2, -0.15) is 0 Å². The lowest BCUT2D eigenvalue weighted by atomic mass is 10.0. The summed E-state index contributed by atoms with van der Waals surface area (Å²) in [5, 5.41) is 0. The largest absolute Gasteiger partial charge is 0.490 e. The molecule has 0 atom stereocenters. The Morgan fingerprint density at radius 3 is 0.706 bits per heavy atom. The second-order valence-corrected chi connectivity index (χ2v) is 23.4. The van der Waals surface area contributed by atoms with E-state index >= 15 is 0 Å². The zero-order valence-electron chi connectivity index (χ0n) is 43.7. The molecular formula is C56H70O8S4. The number of hydrogen-bond donors (Lipinski definition) is 0. The topological polar surface area (TPSA) is 89.5 Å². The molecule has 8 nitrogen and oxygen atoms in total. The quantitative estimate of drug-likeness (QED) is 0.0835. The van der Waals surface area contributed by atoms with Crippen molar-refractivity contribution in [3.8, 4) is 73.1 Å². The van der Waals surface area contributed by atoms with Gasteiger partial charge in [0.2, 0.25) is 0 Å². The van der Waals surface area contributed by atoms with Crippen molar-refractivity contribution in [3.63, 3.8) is 0 Å². The third-order valence-corrected chi connectivity index (χ3v) is 17.7. The van der Waals surface area contributed by atoms with Crippen LogP contribution in [0.5, 0.6) is 23.0 Å². The lowest BCUT2D eigenvalue weighted by Crippen LogP contribution is -2.15. The first-order valence-electron chi connectivity index (χ1n) is 23.7. The van der Waals surface area contributed by atoms with Gasteiger partial charge in [0.1, 0.15) is 23.0 Å². The fraction of sp³-hybridized carbons (Fsp3) is 0.464. The molecule has 0 N–H and O–H groups in total. The Balaban J connectivity index is 1.48. The van der Waals surface area contributed by atoms with Crippen molar-refractivity contribution in [2.75, 3.05) is 0 Å². The van der Waals surface area contributed by atoms with Crippen LogP contribution in [0.1, 0.15) is 148 Å². The Kier molecular flexibility index (Phi) is 16.4. The van der Waals surface area contributed by atoms with E-state index in [0.717, 1.165) is 32.0 Å². The van der Waals surface area contributed by atoms with Gasteiger partial charge in [0, 0.05) is 39.0 Å². The maximum absolute atomic E-state index is 13.3. The summed E-state index contributed by atoms with van der Waals surface area (Å²) in [6.07, 6.45) is -1.09. The van der Waals surface area contributed by atoms with Crippen LogP contribution in [0.25, 0.3) is 50.1 Å². The molecule has 4 aromatic heterocycles. The average molecular weight is 999 g/mol. The van der Waals surface area contributed by atoms with Crippen LogP contribution in [-0.2, 0) is 9.47 Å². The number of esters is 2. The lowest BCUT2D eigenvalue weighted by Gasteiger charge is -2.21. The SMILES string of the molecule is Cc1c(-c2sc(-c3sc(-c4c(OC(C)C)cc(C(=O)OC(C)C)cc4OC(C)C)c(C)c3C)c(C)c2C)sc(-c2sc(-c3c(OC(C)C)cc(C(=O)OC(C)C)cc3OC(C)C)c(C)c2C)c1C. The molecule has 0 aliphatic heterocycles. The van der Waals surface area contributed by atoms with E-state index in [1.807, 2.05) is 106 Å². The Hall–Kier alpha value is -4.62. The van der Waals surface area contributed by atoms with Crippen LogP contribution in [0.3, 0.4) is 0 Å². The van der Waals surface area contributed by atoms with Gasteiger partial charge in [-0.25, -0.2) is 9.59 Å². The summed E-state index contributed by atoms with van der Waals surface area (Å²) in [5.74, 6) is 1.56. The number of thiophene rings is 4. The molecule has 2 aromatic carbocycles. The van der Waals surface area contributed by atoms with Crippen LogP contribution in [0.2, 0.25) is 0 Å². The second kappa shape index (κ2) is 21.2. The molecule has 6 aromatic rings. The van der Waals surface area contributed by atoms with E-state index in [1.165, 1.54) is 62.6 Å². The zero-order valence-corrected chi connectivity index (χ0v) is 46.9. The standard InChI is InChI=1S/C56H70O8S4/c1-25(2)59-41-21-39(55(57)63-29(9)10)22-42(60-26(3)4)45(41)47-31(13)33(15)49(65-47)51-35(17)37(19)53(67-51)54-38(20)36(18)52(68-54)50-34(16)32(14)48(66-50)46-43(61-27(5)6)23-40(56(58)64-30(11)12)24-44(46)62-28(7)8/h21-30H,1-20H3. The van der Waals surface area contributed by atoms with Crippen molar-refractivity contribution >= 4 is 57.3 Å². The van der Waals surface area contributed by atoms with Gasteiger partial charge < -0.3 is 28.4 Å². The molecule has 0 amide bonds. The maximum atomic E-state index is 13.3. The van der Waals surface area contributed by atoms with Crippen LogP contribution in [0.4, 0.5) is 0 Å². The highest BCUT2D eigenvalue weighted by molar-refractivity contribution is 7.30. The Morgan fingerprint density at radius 1 is 0.324 bits per heavy atom. The molecule has 0 spiro atoms. The molecule has 0 aliphatic rings. The highest BCUT2D eigenvalue weighted by Crippen LogP contribution is 2.56. The molecule has 0 aliphatic carbocycles. The van der Waals surface area contributed by atoms with Crippen LogP contribution in [0, 0.1) is 55.4 Å². The summed E-state index contributed by atoms with van der Waals surface area (Å²) in [6.45, 7) is 41.1. The highest BCUT2D eigenvalue weighted by Gasteiger charge is 2.31. The Morgan fingerprint density at radius 2 is 0.515 bits per heavy atom. The minimum Gasteiger partial charge on any atom is -0.490 e. The fourth-order valence-corrected chi connectivity index (χ4v) is 14.1. The van der Waals surface area contributed by atoms with E-state index in [2.05, 4.69) is 55.4 Å². The van der Waals surface area contributed by atoms with Gasteiger partial charge in [-0.1, -0.05) is 0 Å². The Bertz CT molecular complexity index is 2590. The van der Waals surface area contributed by atoms with Crippen LogP contribution < -0.4 is 18.9 Å². The fourth-order valence-electron chi connectivity index (χ4n) is 7.97. The van der Waals surface area contributed by atoms with E-state index in [4.69, 9.17) is 28.4 Å². The third kappa shape index (κ3) is 10.9. The lowest BCUT2D eigenvalue weighted by molar-refractivity contribution is 0.0366. The van der Waals surface area contributed by atoms with Gasteiger partial charge in [-0.15, -0.1) is 45.3 Å². The van der Waals surface area contributed by atoms with Crippen molar-refractivity contribution < 1.29 is 38.0 Å². The van der Waals surface area contributed by atoms with Gasteiger partial charge in [-0.05, 0) is 207 Å². The number of carbonyl (C=O) groups excluding carboxylic acids is 2. The molecule has 0 saturated carbocycles. The zero-order chi connectivity index (χ0) is 50.4. The number of ether oxygens (including phenoxy) is 6. The maximum Gasteiger partial charge on any atom is 0.338 e. The third-order valence-electron chi connectivity index (χ3n) is 11.6. The number of benzene rings is 2. The molecule has 0 fully saturated rings. The summed E-state index contributed by atoms with van der Waals surface area (Å²) in [4.78, 5) is 36.2. The van der Waals surface area contributed by atoms with E-state index in [9.17, 15) is 9.59 Å². The summed E-state index contributed by atoms with van der Waals surface area (Å²) in [7, 11) is 0. The van der Waals surface area contributed by atoms with Crippen molar-refractivity contribution in [2.24, 2.45) is 0 Å². The van der Waals surface area contributed by atoms with Crippen molar-refractivity contribution in [3.05, 3.63) is 79.9 Å². The van der Waals surface area contributed by atoms with Crippen LogP contribution >= 0.6 is 45.3 Å².